The zero-order valence-corrected chi connectivity index (χ0v) is 10.6. The lowest BCUT2D eigenvalue weighted by atomic mass is 10.2. The molecule has 1 aliphatic heterocycles. The van der Waals surface area contributed by atoms with E-state index >= 15 is 0 Å². The molecule has 1 fully saturated rings. The standard InChI is InChI=1S/C11H13F3N4O2/c1-15-7-2-3-17(6-7)8-4-10(11(12,13)14)16-5-9(8)18(19)20/h4-5,7,15H,2-3,6H2,1H3. The number of pyridine rings is 1. The lowest BCUT2D eigenvalue weighted by molar-refractivity contribution is -0.384. The highest BCUT2D eigenvalue weighted by Crippen LogP contribution is 2.35. The lowest BCUT2D eigenvalue weighted by Crippen LogP contribution is -2.30. The van der Waals surface area contributed by atoms with Gasteiger partial charge in [-0.25, -0.2) is 4.98 Å². The molecule has 0 radical (unpaired) electrons. The van der Waals surface area contributed by atoms with Gasteiger partial charge in [0, 0.05) is 19.1 Å². The van der Waals surface area contributed by atoms with Gasteiger partial charge in [0.05, 0.1) is 4.92 Å². The van der Waals surface area contributed by atoms with E-state index < -0.39 is 22.5 Å². The molecule has 0 amide bonds. The summed E-state index contributed by atoms with van der Waals surface area (Å²) in [4.78, 5) is 14.9. The molecule has 1 N–H and O–H groups in total. The number of likely N-dealkylation sites (N-methyl/N-ethyl adjacent to an activating group) is 1. The smallest absolute Gasteiger partial charge is 0.364 e. The molecule has 1 unspecified atom stereocenters. The highest BCUT2D eigenvalue weighted by molar-refractivity contribution is 5.63. The van der Waals surface area contributed by atoms with E-state index in [1.165, 1.54) is 0 Å². The Balaban J connectivity index is 2.40. The van der Waals surface area contributed by atoms with Gasteiger partial charge in [-0.05, 0) is 19.5 Å². The first-order valence-electron chi connectivity index (χ1n) is 5.96. The first-order valence-corrected chi connectivity index (χ1v) is 5.96. The Morgan fingerprint density at radius 2 is 2.25 bits per heavy atom. The van der Waals surface area contributed by atoms with Gasteiger partial charge in [-0.3, -0.25) is 10.1 Å². The van der Waals surface area contributed by atoms with Gasteiger partial charge < -0.3 is 10.2 Å². The number of halogens is 3. The SMILES string of the molecule is CNC1CCN(c2cc(C(F)(F)F)ncc2[N+](=O)[O-])C1. The van der Waals surface area contributed by atoms with Gasteiger partial charge in [-0.2, -0.15) is 13.2 Å². The van der Waals surface area contributed by atoms with Crippen LogP contribution < -0.4 is 10.2 Å². The van der Waals surface area contributed by atoms with E-state index in [0.717, 1.165) is 12.5 Å². The van der Waals surface area contributed by atoms with Gasteiger partial charge in [-0.15, -0.1) is 0 Å². The third-order valence-corrected chi connectivity index (χ3v) is 3.29. The van der Waals surface area contributed by atoms with Crippen LogP contribution in [0, 0.1) is 10.1 Å². The second-order valence-corrected chi connectivity index (χ2v) is 4.53. The van der Waals surface area contributed by atoms with E-state index in [-0.39, 0.29) is 11.7 Å². The highest BCUT2D eigenvalue weighted by atomic mass is 19.4. The summed E-state index contributed by atoms with van der Waals surface area (Å²) in [6, 6.07) is 0.855. The number of rotatable bonds is 3. The zero-order valence-electron chi connectivity index (χ0n) is 10.6. The molecule has 2 heterocycles. The number of alkyl halides is 3. The fourth-order valence-corrected chi connectivity index (χ4v) is 2.20. The number of hydrogen-bond acceptors (Lipinski definition) is 5. The third kappa shape index (κ3) is 2.82. The van der Waals surface area contributed by atoms with Crippen molar-refractivity contribution in [3.8, 4) is 0 Å². The molecule has 0 aromatic carbocycles. The summed E-state index contributed by atoms with van der Waals surface area (Å²) in [5.74, 6) is 0. The molecule has 0 saturated carbocycles. The monoisotopic (exact) mass is 290 g/mol. The maximum Gasteiger partial charge on any atom is 0.433 e. The molecule has 1 aliphatic rings. The van der Waals surface area contributed by atoms with Crippen LogP contribution in [0.1, 0.15) is 12.1 Å². The lowest BCUT2D eigenvalue weighted by Gasteiger charge is -2.19. The summed E-state index contributed by atoms with van der Waals surface area (Å²) in [5.41, 5.74) is -1.56. The van der Waals surface area contributed by atoms with E-state index in [1.807, 2.05) is 0 Å². The van der Waals surface area contributed by atoms with Crippen LogP contribution in [0.3, 0.4) is 0 Å². The van der Waals surface area contributed by atoms with Crippen molar-refractivity contribution in [1.82, 2.24) is 10.3 Å². The van der Waals surface area contributed by atoms with Crippen molar-refractivity contribution in [2.24, 2.45) is 0 Å². The summed E-state index contributed by atoms with van der Waals surface area (Å²) in [7, 11) is 1.75. The zero-order chi connectivity index (χ0) is 14.9. The Labute approximate surface area is 112 Å². The molecule has 0 aliphatic carbocycles. The molecular weight excluding hydrogens is 277 g/mol. The van der Waals surface area contributed by atoms with Crippen LogP contribution >= 0.6 is 0 Å². The number of nitrogens with one attached hydrogen (secondary N) is 1. The van der Waals surface area contributed by atoms with Crippen LogP contribution in [0.2, 0.25) is 0 Å². The Bertz CT molecular complexity index is 521. The molecule has 20 heavy (non-hydrogen) atoms. The summed E-state index contributed by atoms with van der Waals surface area (Å²) in [5, 5.41) is 13.9. The number of aromatic nitrogens is 1. The second kappa shape index (κ2) is 5.23. The molecule has 9 heteroatoms. The molecule has 0 bridgehead atoms. The van der Waals surface area contributed by atoms with Crippen molar-refractivity contribution in [3.05, 3.63) is 28.1 Å². The minimum Gasteiger partial charge on any atom is -0.364 e. The van der Waals surface area contributed by atoms with Crippen LogP contribution in [0.25, 0.3) is 0 Å². The van der Waals surface area contributed by atoms with Crippen molar-refractivity contribution < 1.29 is 18.1 Å². The van der Waals surface area contributed by atoms with Gasteiger partial charge in [0.2, 0.25) is 0 Å². The largest absolute Gasteiger partial charge is 0.433 e. The minimum atomic E-state index is -4.62. The van der Waals surface area contributed by atoms with Crippen molar-refractivity contribution in [3.63, 3.8) is 0 Å². The van der Waals surface area contributed by atoms with E-state index in [4.69, 9.17) is 0 Å². The first kappa shape index (κ1) is 14.5. The summed E-state index contributed by atoms with van der Waals surface area (Å²) in [6.07, 6.45) is -3.23. The molecule has 6 nitrogen and oxygen atoms in total. The average Bonchev–Trinajstić information content (AvgIpc) is 2.85. The van der Waals surface area contributed by atoms with Crippen LogP contribution in [0.15, 0.2) is 12.3 Å². The van der Waals surface area contributed by atoms with Gasteiger partial charge in [-0.1, -0.05) is 0 Å². The van der Waals surface area contributed by atoms with Crippen molar-refractivity contribution >= 4 is 11.4 Å². The molecule has 110 valence electrons. The molecule has 2 rings (SSSR count). The van der Waals surface area contributed by atoms with Crippen molar-refractivity contribution in [2.45, 2.75) is 18.6 Å². The topological polar surface area (TPSA) is 71.3 Å². The molecule has 1 aromatic heterocycles. The maximum atomic E-state index is 12.7. The molecule has 1 saturated heterocycles. The quantitative estimate of drug-likeness (QED) is 0.679. The van der Waals surface area contributed by atoms with E-state index in [9.17, 15) is 23.3 Å². The molecule has 1 atom stereocenters. The van der Waals surface area contributed by atoms with Gasteiger partial charge in [0.15, 0.2) is 0 Å². The van der Waals surface area contributed by atoms with Crippen molar-refractivity contribution in [2.75, 3.05) is 25.0 Å². The third-order valence-electron chi connectivity index (χ3n) is 3.29. The van der Waals surface area contributed by atoms with Gasteiger partial charge in [0.25, 0.3) is 0 Å². The number of hydrogen-bond donors (Lipinski definition) is 1. The minimum absolute atomic E-state index is 0.0323. The predicted molar refractivity (Wildman–Crippen MR) is 65.6 cm³/mol. The number of nitrogens with zero attached hydrogens (tertiary/aromatic N) is 3. The summed E-state index contributed by atoms with van der Waals surface area (Å²) < 4.78 is 38.0. The first-order chi connectivity index (χ1) is 9.32. The fourth-order valence-electron chi connectivity index (χ4n) is 2.20. The van der Waals surface area contributed by atoms with Gasteiger partial charge >= 0.3 is 11.9 Å². The number of anilines is 1. The Kier molecular flexibility index (Phi) is 3.80. The van der Waals surface area contributed by atoms with Crippen LogP contribution in [0.4, 0.5) is 24.5 Å². The maximum absolute atomic E-state index is 12.7. The highest BCUT2D eigenvalue weighted by Gasteiger charge is 2.36. The molecular formula is C11H13F3N4O2. The molecule has 0 spiro atoms. The normalized spacial score (nSPS) is 19.4. The van der Waals surface area contributed by atoms with Crippen molar-refractivity contribution in [1.29, 1.82) is 0 Å². The van der Waals surface area contributed by atoms with Crippen LogP contribution in [-0.2, 0) is 6.18 Å². The Morgan fingerprint density at radius 1 is 1.55 bits per heavy atom. The summed E-state index contributed by atoms with van der Waals surface area (Å²) >= 11 is 0. The van der Waals surface area contributed by atoms with E-state index in [1.54, 1.807) is 11.9 Å². The second-order valence-electron chi connectivity index (χ2n) is 4.53. The summed E-state index contributed by atoms with van der Waals surface area (Å²) in [6.45, 7) is 0.895. The van der Waals surface area contributed by atoms with Gasteiger partial charge in [0.1, 0.15) is 17.6 Å². The van der Waals surface area contributed by atoms with E-state index in [0.29, 0.717) is 19.3 Å². The average molecular weight is 290 g/mol. The fraction of sp³-hybridized carbons (Fsp3) is 0.545. The van der Waals surface area contributed by atoms with E-state index in [2.05, 4.69) is 10.3 Å². The Hall–Kier alpha value is -1.90. The van der Waals surface area contributed by atoms with Crippen LogP contribution in [-0.4, -0.2) is 36.1 Å². The Morgan fingerprint density at radius 3 is 2.75 bits per heavy atom. The predicted octanol–water partition coefficient (Wildman–Crippen LogP) is 1.81. The molecule has 1 aromatic rings. The van der Waals surface area contributed by atoms with Crippen LogP contribution in [0.5, 0.6) is 0 Å². The number of nitro groups is 1.